The molecule has 0 aliphatic carbocycles. The number of anilines is 1. The summed E-state index contributed by atoms with van der Waals surface area (Å²) >= 11 is 5.35. The van der Waals surface area contributed by atoms with Crippen LogP contribution in [0.3, 0.4) is 0 Å². The van der Waals surface area contributed by atoms with Crippen molar-refractivity contribution < 1.29 is 0 Å². The van der Waals surface area contributed by atoms with Crippen molar-refractivity contribution in [1.29, 1.82) is 0 Å². The number of benzene rings is 1. The number of aryl methyl sites for hydroxylation is 2. The van der Waals surface area contributed by atoms with Crippen molar-refractivity contribution in [2.45, 2.75) is 26.8 Å². The van der Waals surface area contributed by atoms with Gasteiger partial charge in [-0.1, -0.05) is 17.7 Å². The van der Waals surface area contributed by atoms with Gasteiger partial charge in [-0.3, -0.25) is 4.68 Å². The second-order valence-electron chi connectivity index (χ2n) is 5.00. The number of nitrogens with one attached hydrogen (secondary N) is 2. The highest BCUT2D eigenvalue weighted by Crippen LogP contribution is 2.16. The van der Waals surface area contributed by atoms with E-state index in [1.807, 2.05) is 30.1 Å². The Balaban J connectivity index is 1.97. The molecule has 106 valence electrons. The minimum Gasteiger partial charge on any atom is -0.356 e. The largest absolute Gasteiger partial charge is 0.356 e. The normalized spacial score (nSPS) is 12.0. The van der Waals surface area contributed by atoms with Crippen LogP contribution in [-0.4, -0.2) is 14.9 Å². The molecule has 0 fully saturated rings. The number of thiocarbonyl (C=S) groups is 1. The molecule has 0 saturated carbocycles. The summed E-state index contributed by atoms with van der Waals surface area (Å²) in [5.41, 5.74) is 4.51. The first-order chi connectivity index (χ1) is 9.47. The average Bonchev–Trinajstić information content (AvgIpc) is 2.73. The topological polar surface area (TPSA) is 41.9 Å². The molecule has 0 aliphatic heterocycles. The zero-order valence-corrected chi connectivity index (χ0v) is 13.1. The van der Waals surface area contributed by atoms with Crippen molar-refractivity contribution in [2.24, 2.45) is 7.05 Å². The van der Waals surface area contributed by atoms with Crippen molar-refractivity contribution in [3.63, 3.8) is 0 Å². The van der Waals surface area contributed by atoms with E-state index in [4.69, 9.17) is 12.2 Å². The lowest BCUT2D eigenvalue weighted by molar-refractivity contribution is 0.701. The van der Waals surface area contributed by atoms with Crippen LogP contribution in [0.5, 0.6) is 0 Å². The Morgan fingerprint density at radius 2 is 1.90 bits per heavy atom. The molecule has 0 aliphatic rings. The third kappa shape index (κ3) is 3.36. The maximum atomic E-state index is 5.35. The van der Waals surface area contributed by atoms with Gasteiger partial charge in [0, 0.05) is 24.0 Å². The monoisotopic (exact) mass is 288 g/mol. The molecule has 0 radical (unpaired) electrons. The van der Waals surface area contributed by atoms with Gasteiger partial charge in [-0.25, -0.2) is 0 Å². The lowest BCUT2D eigenvalue weighted by Crippen LogP contribution is -2.31. The molecule has 1 aromatic carbocycles. The number of aromatic nitrogens is 2. The summed E-state index contributed by atoms with van der Waals surface area (Å²) in [7, 11) is 1.94. The van der Waals surface area contributed by atoms with Crippen LogP contribution in [0.25, 0.3) is 0 Å². The van der Waals surface area contributed by atoms with Gasteiger partial charge < -0.3 is 10.6 Å². The summed E-state index contributed by atoms with van der Waals surface area (Å²) in [5, 5.41) is 11.3. The van der Waals surface area contributed by atoms with Crippen LogP contribution in [0.4, 0.5) is 5.69 Å². The third-order valence-corrected chi connectivity index (χ3v) is 3.62. The molecule has 2 aromatic rings. The second-order valence-corrected chi connectivity index (χ2v) is 5.40. The van der Waals surface area contributed by atoms with Crippen molar-refractivity contribution in [3.05, 3.63) is 47.3 Å². The highest BCUT2D eigenvalue weighted by atomic mass is 32.1. The SMILES string of the molecule is Cc1ccc(NC(=S)NC(C)c2cnn(C)c2C)cc1. The fourth-order valence-corrected chi connectivity index (χ4v) is 2.31. The quantitative estimate of drug-likeness (QED) is 0.852. The van der Waals surface area contributed by atoms with E-state index in [1.165, 1.54) is 5.56 Å². The molecule has 0 spiro atoms. The van der Waals surface area contributed by atoms with Gasteiger partial charge in [0.05, 0.1) is 12.2 Å². The standard InChI is InChI=1S/C15H20N4S/c1-10-5-7-13(8-6-10)18-15(20)17-11(2)14-9-16-19(4)12(14)3/h5-9,11H,1-4H3,(H2,17,18,20). The smallest absolute Gasteiger partial charge is 0.171 e. The number of rotatable bonds is 3. The van der Waals surface area contributed by atoms with Crippen LogP contribution in [-0.2, 0) is 7.05 Å². The molecule has 0 bridgehead atoms. The summed E-state index contributed by atoms with van der Waals surface area (Å²) in [6, 6.07) is 8.26. The minimum absolute atomic E-state index is 0.120. The molecular weight excluding hydrogens is 268 g/mol. The van der Waals surface area contributed by atoms with E-state index in [9.17, 15) is 0 Å². The molecule has 2 rings (SSSR count). The van der Waals surface area contributed by atoms with Crippen molar-refractivity contribution in [1.82, 2.24) is 15.1 Å². The summed E-state index contributed by atoms with van der Waals surface area (Å²) < 4.78 is 1.87. The van der Waals surface area contributed by atoms with Crippen molar-refractivity contribution in [3.8, 4) is 0 Å². The third-order valence-electron chi connectivity index (χ3n) is 3.40. The van der Waals surface area contributed by atoms with E-state index < -0.39 is 0 Å². The summed E-state index contributed by atoms with van der Waals surface area (Å²) in [5.74, 6) is 0. The molecular formula is C15H20N4S. The molecule has 20 heavy (non-hydrogen) atoms. The Kier molecular flexibility index (Phi) is 4.39. The highest BCUT2D eigenvalue weighted by molar-refractivity contribution is 7.80. The van der Waals surface area contributed by atoms with Gasteiger partial charge in [0.2, 0.25) is 0 Å². The van der Waals surface area contributed by atoms with Crippen LogP contribution in [0, 0.1) is 13.8 Å². The zero-order valence-electron chi connectivity index (χ0n) is 12.3. The fraction of sp³-hybridized carbons (Fsp3) is 0.333. The molecule has 1 unspecified atom stereocenters. The summed E-state index contributed by atoms with van der Waals surface area (Å²) in [6.45, 7) is 6.19. The van der Waals surface area contributed by atoms with E-state index in [0.717, 1.165) is 16.9 Å². The Morgan fingerprint density at radius 1 is 1.25 bits per heavy atom. The van der Waals surface area contributed by atoms with E-state index in [1.54, 1.807) is 0 Å². The number of hydrogen-bond donors (Lipinski definition) is 2. The molecule has 2 N–H and O–H groups in total. The predicted octanol–water partition coefficient (Wildman–Crippen LogP) is 3.08. The van der Waals surface area contributed by atoms with Gasteiger partial charge in [0.15, 0.2) is 5.11 Å². The summed E-state index contributed by atoms with van der Waals surface area (Å²) in [6.07, 6.45) is 1.88. The Morgan fingerprint density at radius 3 is 2.45 bits per heavy atom. The van der Waals surface area contributed by atoms with Gasteiger partial charge >= 0.3 is 0 Å². The molecule has 4 nitrogen and oxygen atoms in total. The maximum absolute atomic E-state index is 5.35. The molecule has 0 saturated heterocycles. The van der Waals surface area contributed by atoms with Crippen LogP contribution in [0.15, 0.2) is 30.5 Å². The van der Waals surface area contributed by atoms with Crippen LogP contribution in [0.1, 0.15) is 29.8 Å². The lowest BCUT2D eigenvalue weighted by atomic mass is 10.1. The Bertz CT molecular complexity index is 601. The predicted molar refractivity (Wildman–Crippen MR) is 86.9 cm³/mol. The van der Waals surface area contributed by atoms with Gasteiger partial charge in [-0.05, 0) is 45.1 Å². The fourth-order valence-electron chi connectivity index (χ4n) is 2.02. The van der Waals surface area contributed by atoms with E-state index >= 15 is 0 Å². The van der Waals surface area contributed by atoms with Crippen molar-refractivity contribution >= 4 is 23.0 Å². The molecule has 1 atom stereocenters. The van der Waals surface area contributed by atoms with E-state index in [0.29, 0.717) is 5.11 Å². The minimum atomic E-state index is 0.120. The first-order valence-corrected chi connectivity index (χ1v) is 7.01. The van der Waals surface area contributed by atoms with Gasteiger partial charge in [0.25, 0.3) is 0 Å². The van der Waals surface area contributed by atoms with Crippen LogP contribution < -0.4 is 10.6 Å². The lowest BCUT2D eigenvalue weighted by Gasteiger charge is -2.17. The van der Waals surface area contributed by atoms with Crippen LogP contribution >= 0.6 is 12.2 Å². The molecule has 5 heteroatoms. The first-order valence-electron chi connectivity index (χ1n) is 6.60. The zero-order chi connectivity index (χ0) is 14.7. The Labute approximate surface area is 125 Å². The van der Waals surface area contributed by atoms with Gasteiger partial charge in [0.1, 0.15) is 0 Å². The van der Waals surface area contributed by atoms with E-state index in [-0.39, 0.29) is 6.04 Å². The van der Waals surface area contributed by atoms with Gasteiger partial charge in [-0.2, -0.15) is 5.10 Å². The molecule has 1 aromatic heterocycles. The Hall–Kier alpha value is -1.88. The molecule has 0 amide bonds. The highest BCUT2D eigenvalue weighted by Gasteiger charge is 2.12. The molecule has 1 heterocycles. The van der Waals surface area contributed by atoms with Gasteiger partial charge in [-0.15, -0.1) is 0 Å². The first kappa shape index (κ1) is 14.5. The maximum Gasteiger partial charge on any atom is 0.171 e. The van der Waals surface area contributed by atoms with Crippen molar-refractivity contribution in [2.75, 3.05) is 5.32 Å². The average molecular weight is 288 g/mol. The van der Waals surface area contributed by atoms with Crippen LogP contribution in [0.2, 0.25) is 0 Å². The van der Waals surface area contributed by atoms with E-state index in [2.05, 4.69) is 48.6 Å². The second kappa shape index (κ2) is 6.05. The number of nitrogens with zero attached hydrogens (tertiary/aromatic N) is 2. The number of hydrogen-bond acceptors (Lipinski definition) is 2. The summed E-state index contributed by atoms with van der Waals surface area (Å²) in [4.78, 5) is 0.